The first kappa shape index (κ1) is 20.3. The van der Waals surface area contributed by atoms with E-state index >= 15 is 0 Å². The second-order valence-electron chi connectivity index (χ2n) is 4.82. The summed E-state index contributed by atoms with van der Waals surface area (Å²) in [5.74, 6) is 1.76. The summed E-state index contributed by atoms with van der Waals surface area (Å²) in [5, 5.41) is 3.40. The van der Waals surface area contributed by atoms with Crippen LogP contribution >= 0.6 is 24.8 Å². The minimum absolute atomic E-state index is 0. The first-order valence-corrected chi connectivity index (χ1v) is 6.96. The highest BCUT2D eigenvalue weighted by atomic mass is 35.5. The van der Waals surface area contributed by atoms with E-state index in [9.17, 15) is 0 Å². The van der Waals surface area contributed by atoms with Crippen molar-refractivity contribution in [3.63, 3.8) is 0 Å². The minimum atomic E-state index is 0. The first-order valence-electron chi connectivity index (χ1n) is 6.96. The summed E-state index contributed by atoms with van der Waals surface area (Å²) >= 11 is 0. The van der Waals surface area contributed by atoms with Crippen molar-refractivity contribution < 1.29 is 9.47 Å². The lowest BCUT2D eigenvalue weighted by atomic mass is 10.0. The molecule has 21 heavy (non-hydrogen) atoms. The number of halogens is 2. The number of rotatable bonds is 5. The molecule has 1 aliphatic heterocycles. The van der Waals surface area contributed by atoms with Gasteiger partial charge < -0.3 is 14.8 Å². The van der Waals surface area contributed by atoms with Crippen LogP contribution in [0.4, 0.5) is 0 Å². The smallest absolute Gasteiger partial charge is 0.127 e. The second-order valence-corrected chi connectivity index (χ2v) is 4.82. The molecule has 1 aromatic rings. The van der Waals surface area contributed by atoms with Crippen LogP contribution in [0.5, 0.6) is 11.5 Å². The highest BCUT2D eigenvalue weighted by Crippen LogP contribution is 2.34. The van der Waals surface area contributed by atoms with Crippen LogP contribution in [0.1, 0.15) is 24.9 Å². The molecule has 0 unspecified atom stereocenters. The van der Waals surface area contributed by atoms with Crippen molar-refractivity contribution in [3.8, 4) is 11.5 Å². The van der Waals surface area contributed by atoms with Gasteiger partial charge in [0.05, 0.1) is 14.2 Å². The molecule has 0 saturated carbocycles. The van der Waals surface area contributed by atoms with Crippen molar-refractivity contribution in [1.29, 1.82) is 0 Å². The van der Waals surface area contributed by atoms with E-state index < -0.39 is 0 Å². The molecule has 0 bridgehead atoms. The van der Waals surface area contributed by atoms with E-state index in [1.165, 1.54) is 5.56 Å². The van der Waals surface area contributed by atoms with Crippen molar-refractivity contribution >= 4 is 24.8 Å². The Bertz CT molecular complexity index is 413. The van der Waals surface area contributed by atoms with Crippen LogP contribution in [0.15, 0.2) is 18.2 Å². The predicted octanol–water partition coefficient (Wildman–Crippen LogP) is 2.90. The van der Waals surface area contributed by atoms with E-state index in [1.54, 1.807) is 14.2 Å². The van der Waals surface area contributed by atoms with E-state index in [0.29, 0.717) is 6.04 Å². The lowest BCUT2D eigenvalue weighted by molar-refractivity contribution is 0.166. The first-order chi connectivity index (χ1) is 9.30. The molecule has 0 amide bonds. The van der Waals surface area contributed by atoms with Crippen LogP contribution in [-0.2, 0) is 0 Å². The Morgan fingerprint density at radius 3 is 2.33 bits per heavy atom. The van der Waals surface area contributed by atoms with E-state index in [0.717, 1.165) is 44.1 Å². The third-order valence-electron chi connectivity index (χ3n) is 3.78. The molecule has 1 saturated heterocycles. The van der Waals surface area contributed by atoms with Gasteiger partial charge in [0, 0.05) is 43.9 Å². The fourth-order valence-corrected chi connectivity index (χ4v) is 2.76. The van der Waals surface area contributed by atoms with E-state index in [-0.39, 0.29) is 24.8 Å². The van der Waals surface area contributed by atoms with Gasteiger partial charge in [0.15, 0.2) is 0 Å². The van der Waals surface area contributed by atoms with Gasteiger partial charge in [0.1, 0.15) is 11.5 Å². The normalized spacial score (nSPS) is 16.3. The highest BCUT2D eigenvalue weighted by molar-refractivity contribution is 5.85. The maximum atomic E-state index is 5.54. The minimum Gasteiger partial charge on any atom is -0.497 e. The molecule has 1 aromatic carbocycles. The Morgan fingerprint density at radius 2 is 1.81 bits per heavy atom. The third-order valence-corrected chi connectivity index (χ3v) is 3.78. The van der Waals surface area contributed by atoms with Gasteiger partial charge in [-0.25, -0.2) is 0 Å². The molecule has 4 nitrogen and oxygen atoms in total. The lowest BCUT2D eigenvalue weighted by Crippen LogP contribution is -2.45. The largest absolute Gasteiger partial charge is 0.497 e. The number of hydrogen-bond acceptors (Lipinski definition) is 4. The van der Waals surface area contributed by atoms with Gasteiger partial charge in [-0.15, -0.1) is 24.8 Å². The van der Waals surface area contributed by atoms with Crippen molar-refractivity contribution in [2.45, 2.75) is 19.4 Å². The number of benzene rings is 1. The Morgan fingerprint density at radius 1 is 1.14 bits per heavy atom. The van der Waals surface area contributed by atoms with Gasteiger partial charge in [-0.1, -0.05) is 13.0 Å². The summed E-state index contributed by atoms with van der Waals surface area (Å²) in [5.41, 5.74) is 1.26. The van der Waals surface area contributed by atoms with Crippen LogP contribution < -0.4 is 14.8 Å². The maximum absolute atomic E-state index is 5.54. The Kier molecular flexibility index (Phi) is 9.79. The Balaban J connectivity index is 0.00000200. The summed E-state index contributed by atoms with van der Waals surface area (Å²) in [6.07, 6.45) is 1.09. The van der Waals surface area contributed by atoms with Gasteiger partial charge >= 0.3 is 0 Å². The SMILES string of the molecule is CC[C@H](c1ccc(OC)cc1OC)N1CCNCC1.Cl.Cl. The number of ether oxygens (including phenoxy) is 2. The number of hydrogen-bond donors (Lipinski definition) is 1. The van der Waals surface area contributed by atoms with Crippen LogP contribution in [0.25, 0.3) is 0 Å². The summed E-state index contributed by atoms with van der Waals surface area (Å²) in [6.45, 7) is 6.54. The molecule has 1 heterocycles. The number of nitrogens with zero attached hydrogens (tertiary/aromatic N) is 1. The molecular formula is C15H26Cl2N2O2. The standard InChI is InChI=1S/C15H24N2O2.2ClH/c1-4-14(17-9-7-16-8-10-17)13-6-5-12(18-2)11-15(13)19-3;;/h5-6,11,14,16H,4,7-10H2,1-3H3;2*1H/t14-;;/m1../s1. The molecule has 0 aliphatic carbocycles. The molecule has 122 valence electrons. The summed E-state index contributed by atoms with van der Waals surface area (Å²) < 4.78 is 10.8. The van der Waals surface area contributed by atoms with Crippen LogP contribution in [0.2, 0.25) is 0 Å². The van der Waals surface area contributed by atoms with Gasteiger partial charge in [-0.3, -0.25) is 4.90 Å². The second kappa shape index (κ2) is 10.1. The zero-order valence-corrected chi connectivity index (χ0v) is 14.6. The van der Waals surface area contributed by atoms with Crippen molar-refractivity contribution in [2.75, 3.05) is 40.4 Å². The van der Waals surface area contributed by atoms with Crippen LogP contribution in [0, 0.1) is 0 Å². The summed E-state index contributed by atoms with van der Waals surface area (Å²) in [6, 6.07) is 6.54. The molecule has 0 spiro atoms. The Hall–Kier alpha value is -0.680. The average molecular weight is 337 g/mol. The monoisotopic (exact) mass is 336 g/mol. The van der Waals surface area contributed by atoms with E-state index in [4.69, 9.17) is 9.47 Å². The third kappa shape index (κ3) is 4.92. The fourth-order valence-electron chi connectivity index (χ4n) is 2.76. The maximum Gasteiger partial charge on any atom is 0.127 e. The number of methoxy groups -OCH3 is 2. The van der Waals surface area contributed by atoms with Crippen LogP contribution in [-0.4, -0.2) is 45.3 Å². The van der Waals surface area contributed by atoms with Gasteiger partial charge in [0.25, 0.3) is 0 Å². The zero-order valence-electron chi connectivity index (χ0n) is 12.9. The van der Waals surface area contributed by atoms with Gasteiger partial charge in [-0.2, -0.15) is 0 Å². The molecule has 0 radical (unpaired) electrons. The molecule has 1 N–H and O–H groups in total. The fraction of sp³-hybridized carbons (Fsp3) is 0.600. The van der Waals surface area contributed by atoms with Gasteiger partial charge in [-0.05, 0) is 12.5 Å². The molecule has 1 aliphatic rings. The molecule has 2 rings (SSSR count). The Labute approximate surface area is 140 Å². The van der Waals surface area contributed by atoms with E-state index in [1.807, 2.05) is 12.1 Å². The van der Waals surface area contributed by atoms with Crippen molar-refractivity contribution in [1.82, 2.24) is 10.2 Å². The van der Waals surface area contributed by atoms with Crippen LogP contribution in [0.3, 0.4) is 0 Å². The topological polar surface area (TPSA) is 33.7 Å². The number of piperazine rings is 1. The van der Waals surface area contributed by atoms with Crippen molar-refractivity contribution in [2.24, 2.45) is 0 Å². The lowest BCUT2D eigenvalue weighted by Gasteiger charge is -2.35. The predicted molar refractivity (Wildman–Crippen MR) is 91.5 cm³/mol. The molecule has 0 aromatic heterocycles. The van der Waals surface area contributed by atoms with Crippen molar-refractivity contribution in [3.05, 3.63) is 23.8 Å². The highest BCUT2D eigenvalue weighted by Gasteiger charge is 2.23. The quantitative estimate of drug-likeness (QED) is 0.896. The number of nitrogens with one attached hydrogen (secondary N) is 1. The molecular weight excluding hydrogens is 311 g/mol. The molecule has 1 fully saturated rings. The summed E-state index contributed by atoms with van der Waals surface area (Å²) in [4.78, 5) is 2.53. The molecule has 1 atom stereocenters. The zero-order chi connectivity index (χ0) is 13.7. The van der Waals surface area contributed by atoms with E-state index in [2.05, 4.69) is 23.2 Å². The summed E-state index contributed by atoms with van der Waals surface area (Å²) in [7, 11) is 3.41. The molecule has 6 heteroatoms. The van der Waals surface area contributed by atoms with Gasteiger partial charge in [0.2, 0.25) is 0 Å². The average Bonchev–Trinajstić information content (AvgIpc) is 2.49.